The summed E-state index contributed by atoms with van der Waals surface area (Å²) in [7, 11) is 1.69. The highest BCUT2D eigenvalue weighted by molar-refractivity contribution is 5.89. The number of methoxy groups -OCH3 is 1. The Morgan fingerprint density at radius 3 is 1.25 bits per heavy atom. The number of carbonyl (C=O) groups excluding carboxylic acids is 5. The first-order chi connectivity index (χ1) is 45.1. The van der Waals surface area contributed by atoms with Crippen molar-refractivity contribution in [2.75, 3.05) is 13.7 Å². The highest BCUT2D eigenvalue weighted by atomic mass is 16.6. The Balaban J connectivity index is 0.000000103. The number of allylic oxidation sites excluding steroid dienone is 5. The van der Waals surface area contributed by atoms with Crippen LogP contribution in [0.25, 0.3) is 0 Å². The highest BCUT2D eigenvalue weighted by Crippen LogP contribution is 2.77. The molecule has 18 aliphatic carbocycles. The maximum absolute atomic E-state index is 12.2. The molecule has 15 saturated carbocycles. The van der Waals surface area contributed by atoms with Gasteiger partial charge in [0.1, 0.15) is 28.0 Å². The first-order valence-electron chi connectivity index (χ1n) is 38.1. The summed E-state index contributed by atoms with van der Waals surface area (Å²) in [5.41, 5.74) is 1.23. The van der Waals surface area contributed by atoms with Gasteiger partial charge in [0.05, 0.1) is 12.0 Å². The van der Waals surface area contributed by atoms with Crippen LogP contribution in [0.15, 0.2) is 97.2 Å². The van der Waals surface area contributed by atoms with Crippen molar-refractivity contribution in [2.24, 2.45) is 153 Å². The number of ether oxygens (including phenoxy) is 6. The van der Waals surface area contributed by atoms with Crippen molar-refractivity contribution in [3.63, 3.8) is 0 Å². The van der Waals surface area contributed by atoms with Gasteiger partial charge in [0.15, 0.2) is 0 Å². The Bertz CT molecular complexity index is 3290. The second-order valence-corrected chi connectivity index (χ2v) is 35.7. The number of hydrogen-bond donors (Lipinski definition) is 0. The van der Waals surface area contributed by atoms with Crippen molar-refractivity contribution >= 4 is 29.8 Å². The van der Waals surface area contributed by atoms with Crippen LogP contribution in [-0.2, 0) is 52.4 Å². The van der Waals surface area contributed by atoms with E-state index in [4.69, 9.17) is 28.4 Å². The van der Waals surface area contributed by atoms with Gasteiger partial charge in [-0.2, -0.15) is 0 Å². The van der Waals surface area contributed by atoms with E-state index in [9.17, 15) is 24.0 Å². The molecule has 0 aromatic carbocycles. The van der Waals surface area contributed by atoms with Crippen molar-refractivity contribution in [1.29, 1.82) is 0 Å². The van der Waals surface area contributed by atoms with Crippen LogP contribution in [0.2, 0.25) is 0 Å². The zero-order chi connectivity index (χ0) is 67.5. The molecular formula is C84H116O11. The molecule has 31 atom stereocenters. The molecule has 0 spiro atoms. The second kappa shape index (κ2) is 24.3. The first kappa shape index (κ1) is 67.4. The monoisotopic (exact) mass is 1300 g/mol. The summed E-state index contributed by atoms with van der Waals surface area (Å²) in [4.78, 5) is 59.7. The molecule has 0 N–H and O–H groups in total. The van der Waals surface area contributed by atoms with Gasteiger partial charge in [-0.05, 0) is 301 Å². The van der Waals surface area contributed by atoms with E-state index >= 15 is 0 Å². The van der Waals surface area contributed by atoms with Gasteiger partial charge in [0, 0.05) is 58.6 Å². The average molecular weight is 1300 g/mol. The molecular weight excluding hydrogens is 1180 g/mol. The normalized spacial score (nSPS) is 49.4. The van der Waals surface area contributed by atoms with Crippen LogP contribution in [0.1, 0.15) is 198 Å². The first-order valence-corrected chi connectivity index (χ1v) is 38.1. The molecule has 0 aromatic rings. The molecule has 15 fully saturated rings. The molecule has 18 rings (SSSR count). The molecule has 16 bridgehead atoms. The molecule has 95 heavy (non-hydrogen) atoms. The number of esters is 5. The Kier molecular flexibility index (Phi) is 17.2. The maximum Gasteiger partial charge on any atom is 0.333 e. The third-order valence-electron chi connectivity index (χ3n) is 31.2. The van der Waals surface area contributed by atoms with Gasteiger partial charge in [-0.1, -0.05) is 90.1 Å². The molecule has 0 aromatic heterocycles. The van der Waals surface area contributed by atoms with E-state index in [1.54, 1.807) is 41.7 Å². The van der Waals surface area contributed by atoms with Crippen LogP contribution in [0.3, 0.4) is 0 Å². The van der Waals surface area contributed by atoms with Gasteiger partial charge in [-0.25, -0.2) is 24.0 Å². The molecule has 31 unspecified atom stereocenters. The lowest BCUT2D eigenvalue weighted by molar-refractivity contribution is -0.171. The summed E-state index contributed by atoms with van der Waals surface area (Å²) < 4.78 is 34.8. The smallest absolute Gasteiger partial charge is 0.333 e. The predicted molar refractivity (Wildman–Crippen MR) is 368 cm³/mol. The van der Waals surface area contributed by atoms with E-state index in [0.717, 1.165) is 176 Å². The standard InChI is InChI=1S/C20H28O2.C18H24O2.C17H22O2.C15H22O2.C14H20O3/c1-4-20(22-19(21)10(2)3)9-11-7-16(20)18-15-8-14(17(11)18)12-5-6-13(12)15;1-4-18(20-17(19)10(2)3)9-13-8-14(18)16-12-6-5-11(7-12)15(13)16;1-9(2)16(18)19-17(3)8-12-7-13(17)15-11-5-4-10(6-11)14(12)15;1-4-15(17-14(16)9(2)3)8-10-7-13(15)12-6-5-11(10)12;1-10(2)12(15)17-13(3)7-11-5-6-14(13,8-11)9-16-4/h11-18H,2,4-9H2,1,3H3;5-6,11-16H,2,4,7-9H2,1,3H3;4-5,10-15H,1,6-8H2,2-3H3;10-13H,2,4-8H2,1,3H3;5-6,11H,1,7-9H2,2-4H3. The second-order valence-electron chi connectivity index (χ2n) is 35.7. The van der Waals surface area contributed by atoms with Crippen molar-refractivity contribution in [3.05, 3.63) is 97.2 Å². The van der Waals surface area contributed by atoms with Crippen LogP contribution in [0, 0.1) is 153 Å². The Labute approximate surface area is 569 Å². The van der Waals surface area contributed by atoms with E-state index in [1.165, 1.54) is 70.6 Å². The van der Waals surface area contributed by atoms with Crippen LogP contribution in [0.5, 0.6) is 0 Å². The zero-order valence-electron chi connectivity index (χ0n) is 59.8. The minimum absolute atomic E-state index is 0.151. The summed E-state index contributed by atoms with van der Waals surface area (Å²) in [5.74, 6) is 19.4. The third kappa shape index (κ3) is 10.5. The lowest BCUT2D eigenvalue weighted by atomic mass is 9.54. The lowest BCUT2D eigenvalue weighted by Gasteiger charge is -2.52. The molecule has 0 saturated heterocycles. The van der Waals surface area contributed by atoms with Crippen molar-refractivity contribution in [1.82, 2.24) is 0 Å². The minimum Gasteiger partial charge on any atom is -0.456 e. The zero-order valence-corrected chi connectivity index (χ0v) is 59.8. The van der Waals surface area contributed by atoms with Gasteiger partial charge in [-0.3, -0.25) is 0 Å². The van der Waals surface area contributed by atoms with Crippen LogP contribution >= 0.6 is 0 Å². The molecule has 0 radical (unpaired) electrons. The van der Waals surface area contributed by atoms with E-state index in [0.29, 0.717) is 64.1 Å². The minimum atomic E-state index is -0.460. The maximum atomic E-state index is 12.2. The van der Waals surface area contributed by atoms with Gasteiger partial charge in [-0.15, -0.1) is 0 Å². The Morgan fingerprint density at radius 2 is 0.789 bits per heavy atom. The number of carbonyl (C=O) groups is 5. The summed E-state index contributed by atoms with van der Waals surface area (Å²) in [6.07, 6.45) is 38.5. The SMILES string of the molecule is C=C(C)C(=O)OC1(C)CC2C=CC1(COC)C2.C=C(C)C(=O)OC1(C)CC2CC1C1C3C=CC(C3)C21.C=C(C)C(=O)OC1(CC)CC2CC1C1C3C=CC(C3)C21.C=C(C)C(=O)OC1(CC)CC2CC1C1C3CC(C4CCC43)C21.C=C(C)C(=O)OC1(CC)CC2CC1C1CCC21. The summed E-state index contributed by atoms with van der Waals surface area (Å²) in [6.45, 7) is 38.6. The van der Waals surface area contributed by atoms with Crippen LogP contribution < -0.4 is 0 Å². The van der Waals surface area contributed by atoms with E-state index in [-0.39, 0.29) is 57.7 Å². The molecule has 11 nitrogen and oxygen atoms in total. The molecule has 11 heteroatoms. The summed E-state index contributed by atoms with van der Waals surface area (Å²) >= 11 is 0. The van der Waals surface area contributed by atoms with Gasteiger partial charge in [0.2, 0.25) is 0 Å². The van der Waals surface area contributed by atoms with Gasteiger partial charge < -0.3 is 28.4 Å². The fourth-order valence-electron chi connectivity index (χ4n) is 27.3. The van der Waals surface area contributed by atoms with Crippen molar-refractivity contribution < 1.29 is 52.4 Å². The predicted octanol–water partition coefficient (Wildman–Crippen LogP) is 17.1. The number of hydrogen-bond acceptors (Lipinski definition) is 11. The average Bonchev–Trinajstić information content (AvgIpc) is 1.53. The highest BCUT2D eigenvalue weighted by Gasteiger charge is 2.74. The molecule has 518 valence electrons. The Hall–Kier alpha value is -4.77. The topological polar surface area (TPSA) is 141 Å². The quantitative estimate of drug-likeness (QED) is 0.0509. The fourth-order valence-corrected chi connectivity index (χ4v) is 27.3. The summed E-state index contributed by atoms with van der Waals surface area (Å²) in [6, 6.07) is 0. The molecule has 0 heterocycles. The van der Waals surface area contributed by atoms with Gasteiger partial charge in [0.25, 0.3) is 0 Å². The van der Waals surface area contributed by atoms with Crippen LogP contribution in [-0.4, -0.2) is 71.6 Å². The fraction of sp³-hybridized carbons (Fsp3) is 0.750. The third-order valence-corrected chi connectivity index (χ3v) is 31.2. The number of rotatable bonds is 15. The van der Waals surface area contributed by atoms with Gasteiger partial charge >= 0.3 is 29.8 Å². The Morgan fingerprint density at radius 1 is 0.389 bits per heavy atom. The molecule has 0 aliphatic heterocycles. The van der Waals surface area contributed by atoms with E-state index in [2.05, 4.69) is 97.0 Å². The van der Waals surface area contributed by atoms with E-state index in [1.807, 2.05) is 6.92 Å². The molecule has 18 aliphatic rings. The van der Waals surface area contributed by atoms with Crippen molar-refractivity contribution in [2.45, 2.75) is 226 Å². The van der Waals surface area contributed by atoms with E-state index < -0.39 is 5.60 Å². The summed E-state index contributed by atoms with van der Waals surface area (Å²) in [5, 5.41) is 0. The van der Waals surface area contributed by atoms with Crippen LogP contribution in [0.4, 0.5) is 0 Å². The molecule has 0 amide bonds. The van der Waals surface area contributed by atoms with Crippen molar-refractivity contribution in [3.8, 4) is 0 Å². The lowest BCUT2D eigenvalue weighted by Crippen LogP contribution is -2.51. The largest absolute Gasteiger partial charge is 0.456 e. The number of fused-ring (bicyclic) bond motifs is 37.